The maximum atomic E-state index is 3.67. The summed E-state index contributed by atoms with van der Waals surface area (Å²) in [6.45, 7) is 2.22. The van der Waals surface area contributed by atoms with Gasteiger partial charge in [0.05, 0.1) is 6.04 Å². The van der Waals surface area contributed by atoms with Gasteiger partial charge < -0.3 is 5.32 Å². The van der Waals surface area contributed by atoms with Crippen LogP contribution in [0.25, 0.3) is 0 Å². The van der Waals surface area contributed by atoms with Crippen molar-refractivity contribution in [2.24, 2.45) is 0 Å². The molecule has 0 amide bonds. The van der Waals surface area contributed by atoms with Crippen LogP contribution in [0.3, 0.4) is 0 Å². The third-order valence-electron chi connectivity index (χ3n) is 4.05. The summed E-state index contributed by atoms with van der Waals surface area (Å²) in [6.07, 6.45) is 4.70. The Labute approximate surface area is 129 Å². The maximum absolute atomic E-state index is 3.67. The summed E-state index contributed by atoms with van der Waals surface area (Å²) in [5.41, 5.74) is 5.56. The lowest BCUT2D eigenvalue weighted by Crippen LogP contribution is -2.07. The molecule has 1 nitrogen and oxygen atoms in total. The summed E-state index contributed by atoms with van der Waals surface area (Å²) in [6, 6.07) is 15.9. The highest BCUT2D eigenvalue weighted by atomic mass is 79.9. The number of hydrogen-bond acceptors (Lipinski definition) is 1. The van der Waals surface area contributed by atoms with Gasteiger partial charge in [0.25, 0.3) is 0 Å². The van der Waals surface area contributed by atoms with E-state index in [1.54, 1.807) is 0 Å². The Hall–Kier alpha value is -1.28. The van der Waals surface area contributed by atoms with E-state index in [0.717, 1.165) is 6.42 Å². The fourth-order valence-electron chi connectivity index (χ4n) is 3.02. The fraction of sp³-hybridized carbons (Fsp3) is 0.333. The van der Waals surface area contributed by atoms with E-state index in [1.165, 1.54) is 46.1 Å². The highest BCUT2D eigenvalue weighted by Gasteiger charge is 2.23. The zero-order valence-electron chi connectivity index (χ0n) is 11.8. The smallest absolute Gasteiger partial charge is 0.0520 e. The molecule has 0 fully saturated rings. The normalized spacial score (nSPS) is 17.0. The van der Waals surface area contributed by atoms with Crippen LogP contribution in [0.1, 0.15) is 42.5 Å². The zero-order chi connectivity index (χ0) is 13.9. The van der Waals surface area contributed by atoms with Crippen LogP contribution < -0.4 is 5.32 Å². The second-order valence-electron chi connectivity index (χ2n) is 5.49. The van der Waals surface area contributed by atoms with Crippen LogP contribution in [0.5, 0.6) is 0 Å². The summed E-state index contributed by atoms with van der Waals surface area (Å²) < 4.78 is 1.25. The lowest BCUT2D eigenvalue weighted by molar-refractivity contribution is 0.762. The van der Waals surface area contributed by atoms with E-state index in [2.05, 4.69) is 70.6 Å². The number of nitrogens with one attached hydrogen (secondary N) is 1. The summed E-state index contributed by atoms with van der Waals surface area (Å²) in [5, 5.41) is 3.67. The number of fused-ring (bicyclic) bond motifs is 1. The second-order valence-corrected chi connectivity index (χ2v) is 6.34. The molecule has 0 saturated heterocycles. The van der Waals surface area contributed by atoms with Crippen molar-refractivity contribution < 1.29 is 0 Å². The monoisotopic (exact) mass is 329 g/mol. The standard InChI is InChI=1S/C18H20BrN/c1-2-4-13-7-9-14(10-8-13)20-18-12-11-15-16(18)5-3-6-17(15)19/h3,5-10,18,20H,2,4,11-12H2,1H3. The summed E-state index contributed by atoms with van der Waals surface area (Å²) in [4.78, 5) is 0. The first kappa shape index (κ1) is 13.7. The van der Waals surface area contributed by atoms with Crippen molar-refractivity contribution in [2.45, 2.75) is 38.6 Å². The first-order valence-electron chi connectivity index (χ1n) is 7.40. The Balaban J connectivity index is 1.75. The topological polar surface area (TPSA) is 12.0 Å². The minimum atomic E-state index is 0.444. The van der Waals surface area contributed by atoms with Gasteiger partial charge in [-0.15, -0.1) is 0 Å². The maximum Gasteiger partial charge on any atom is 0.0520 e. The summed E-state index contributed by atoms with van der Waals surface area (Å²) >= 11 is 3.66. The Morgan fingerprint density at radius 3 is 2.70 bits per heavy atom. The van der Waals surface area contributed by atoms with E-state index in [-0.39, 0.29) is 0 Å². The first-order chi connectivity index (χ1) is 9.78. The van der Waals surface area contributed by atoms with Gasteiger partial charge in [-0.25, -0.2) is 0 Å². The van der Waals surface area contributed by atoms with Crippen molar-refractivity contribution in [3.8, 4) is 0 Å². The highest BCUT2D eigenvalue weighted by Crippen LogP contribution is 2.37. The molecule has 2 heteroatoms. The van der Waals surface area contributed by atoms with Crippen molar-refractivity contribution in [2.75, 3.05) is 5.32 Å². The minimum Gasteiger partial charge on any atom is -0.378 e. The lowest BCUT2D eigenvalue weighted by Gasteiger charge is -2.16. The van der Waals surface area contributed by atoms with Gasteiger partial charge >= 0.3 is 0 Å². The molecule has 3 rings (SSSR count). The van der Waals surface area contributed by atoms with Crippen LogP contribution in [0.2, 0.25) is 0 Å². The molecule has 0 radical (unpaired) electrons. The van der Waals surface area contributed by atoms with Gasteiger partial charge in [0.2, 0.25) is 0 Å². The van der Waals surface area contributed by atoms with Gasteiger partial charge in [-0.3, -0.25) is 0 Å². The quantitative estimate of drug-likeness (QED) is 0.780. The van der Waals surface area contributed by atoms with Crippen LogP contribution >= 0.6 is 15.9 Å². The van der Waals surface area contributed by atoms with E-state index >= 15 is 0 Å². The average Bonchev–Trinajstić information content (AvgIpc) is 2.86. The van der Waals surface area contributed by atoms with E-state index in [9.17, 15) is 0 Å². The van der Waals surface area contributed by atoms with Crippen molar-refractivity contribution >= 4 is 21.6 Å². The first-order valence-corrected chi connectivity index (χ1v) is 8.20. The van der Waals surface area contributed by atoms with Crippen LogP contribution in [0.4, 0.5) is 5.69 Å². The molecule has 1 aliphatic carbocycles. The molecule has 1 aliphatic rings. The lowest BCUT2D eigenvalue weighted by atomic mass is 10.1. The molecule has 1 unspecified atom stereocenters. The van der Waals surface area contributed by atoms with Crippen LogP contribution in [0.15, 0.2) is 46.9 Å². The molecule has 2 aromatic carbocycles. The predicted molar refractivity (Wildman–Crippen MR) is 89.3 cm³/mol. The molecular formula is C18H20BrN. The Bertz CT molecular complexity index is 589. The Kier molecular flexibility index (Phi) is 4.11. The number of anilines is 1. The van der Waals surface area contributed by atoms with Gasteiger partial charge in [-0.1, -0.05) is 53.5 Å². The number of halogens is 1. The zero-order valence-corrected chi connectivity index (χ0v) is 13.4. The largest absolute Gasteiger partial charge is 0.378 e. The number of rotatable bonds is 4. The van der Waals surface area contributed by atoms with Gasteiger partial charge in [0.1, 0.15) is 0 Å². The van der Waals surface area contributed by atoms with Gasteiger partial charge in [0, 0.05) is 10.2 Å². The van der Waals surface area contributed by atoms with Gasteiger partial charge in [-0.2, -0.15) is 0 Å². The van der Waals surface area contributed by atoms with Crippen molar-refractivity contribution in [1.29, 1.82) is 0 Å². The number of aryl methyl sites for hydroxylation is 1. The second kappa shape index (κ2) is 6.01. The molecule has 0 aromatic heterocycles. The molecule has 0 bridgehead atoms. The predicted octanol–water partition coefficient (Wildman–Crippen LogP) is 5.50. The molecule has 1 atom stereocenters. The third-order valence-corrected chi connectivity index (χ3v) is 4.79. The number of hydrogen-bond donors (Lipinski definition) is 1. The van der Waals surface area contributed by atoms with Crippen LogP contribution in [-0.2, 0) is 12.8 Å². The fourth-order valence-corrected chi connectivity index (χ4v) is 3.60. The number of benzene rings is 2. The molecule has 104 valence electrons. The highest BCUT2D eigenvalue weighted by molar-refractivity contribution is 9.10. The molecule has 0 aliphatic heterocycles. The van der Waals surface area contributed by atoms with Crippen molar-refractivity contribution in [3.05, 3.63) is 63.6 Å². The van der Waals surface area contributed by atoms with Crippen LogP contribution in [-0.4, -0.2) is 0 Å². The van der Waals surface area contributed by atoms with E-state index in [4.69, 9.17) is 0 Å². The third kappa shape index (κ3) is 2.76. The van der Waals surface area contributed by atoms with E-state index in [0.29, 0.717) is 6.04 Å². The Morgan fingerprint density at radius 2 is 1.95 bits per heavy atom. The molecule has 20 heavy (non-hydrogen) atoms. The van der Waals surface area contributed by atoms with E-state index in [1.807, 2.05) is 0 Å². The molecule has 1 N–H and O–H groups in total. The van der Waals surface area contributed by atoms with Gasteiger partial charge in [-0.05, 0) is 54.2 Å². The molecule has 0 saturated carbocycles. The minimum absolute atomic E-state index is 0.444. The molecule has 0 heterocycles. The molecule has 0 spiro atoms. The summed E-state index contributed by atoms with van der Waals surface area (Å²) in [5.74, 6) is 0. The summed E-state index contributed by atoms with van der Waals surface area (Å²) in [7, 11) is 0. The van der Waals surface area contributed by atoms with Crippen LogP contribution in [0, 0.1) is 0 Å². The van der Waals surface area contributed by atoms with E-state index < -0.39 is 0 Å². The average molecular weight is 330 g/mol. The van der Waals surface area contributed by atoms with Crippen molar-refractivity contribution in [1.82, 2.24) is 0 Å². The SMILES string of the molecule is CCCc1ccc(NC2CCc3c(Br)cccc32)cc1. The molecular weight excluding hydrogens is 310 g/mol. The molecule has 2 aromatic rings. The van der Waals surface area contributed by atoms with Crippen molar-refractivity contribution in [3.63, 3.8) is 0 Å². The van der Waals surface area contributed by atoms with Gasteiger partial charge in [0.15, 0.2) is 0 Å². The Morgan fingerprint density at radius 1 is 1.15 bits per heavy atom.